The number of aromatic amines is 1. The summed E-state index contributed by atoms with van der Waals surface area (Å²) in [6.07, 6.45) is 5.48. The molecule has 3 rings (SSSR count). The van der Waals surface area contributed by atoms with Crippen molar-refractivity contribution in [3.63, 3.8) is 0 Å². The Hall–Kier alpha value is -1.88. The second kappa shape index (κ2) is 5.40. The van der Waals surface area contributed by atoms with E-state index in [0.29, 0.717) is 6.42 Å². The van der Waals surface area contributed by atoms with Gasteiger partial charge in [-0.1, -0.05) is 12.1 Å². The van der Waals surface area contributed by atoms with Gasteiger partial charge in [-0.3, -0.25) is 9.89 Å². The predicted octanol–water partition coefficient (Wildman–Crippen LogP) is 2.46. The van der Waals surface area contributed by atoms with Crippen LogP contribution in [0.2, 0.25) is 0 Å². The van der Waals surface area contributed by atoms with Crippen LogP contribution >= 0.6 is 0 Å². The maximum Gasteiger partial charge on any atom is 0.224 e. The van der Waals surface area contributed by atoms with Crippen LogP contribution in [0.15, 0.2) is 24.4 Å². The van der Waals surface area contributed by atoms with Crippen LogP contribution in [0.25, 0.3) is 10.9 Å². The lowest BCUT2D eigenvalue weighted by Gasteiger charge is -2.09. The molecule has 1 aromatic heterocycles. The van der Waals surface area contributed by atoms with Crippen molar-refractivity contribution in [2.24, 2.45) is 0 Å². The monoisotopic (exact) mass is 259 g/mol. The van der Waals surface area contributed by atoms with Gasteiger partial charge in [-0.15, -0.1) is 0 Å². The van der Waals surface area contributed by atoms with Crippen LogP contribution in [-0.4, -0.2) is 28.8 Å². The third kappa shape index (κ3) is 2.76. The number of carbonyl (C=O) groups excluding carboxylic acids is 1. The smallest absolute Gasteiger partial charge is 0.224 e. The number of benzene rings is 1. The molecule has 0 saturated carbocycles. The van der Waals surface area contributed by atoms with Gasteiger partial charge >= 0.3 is 0 Å². The second-order valence-electron chi connectivity index (χ2n) is 4.86. The molecule has 19 heavy (non-hydrogen) atoms. The van der Waals surface area contributed by atoms with Gasteiger partial charge in [0.05, 0.1) is 23.5 Å². The van der Waals surface area contributed by atoms with Gasteiger partial charge in [0.2, 0.25) is 5.91 Å². The maximum absolute atomic E-state index is 11.9. The highest BCUT2D eigenvalue weighted by Crippen LogP contribution is 2.21. The first-order valence-corrected chi connectivity index (χ1v) is 6.66. The van der Waals surface area contributed by atoms with Crippen molar-refractivity contribution in [1.29, 1.82) is 0 Å². The number of amides is 1. The highest BCUT2D eigenvalue weighted by atomic mass is 16.5. The van der Waals surface area contributed by atoms with Crippen molar-refractivity contribution < 1.29 is 9.53 Å². The molecule has 1 amide bonds. The van der Waals surface area contributed by atoms with Crippen molar-refractivity contribution in [2.75, 3.05) is 11.9 Å². The zero-order chi connectivity index (χ0) is 13.1. The van der Waals surface area contributed by atoms with Crippen LogP contribution in [0.5, 0.6) is 0 Å². The minimum absolute atomic E-state index is 0.0256. The first-order valence-electron chi connectivity index (χ1n) is 6.66. The number of H-pyrrole nitrogens is 1. The second-order valence-corrected chi connectivity index (χ2v) is 4.86. The first kappa shape index (κ1) is 12.2. The van der Waals surface area contributed by atoms with Gasteiger partial charge in [-0.2, -0.15) is 5.10 Å². The zero-order valence-electron chi connectivity index (χ0n) is 10.7. The van der Waals surface area contributed by atoms with Gasteiger partial charge in [0.1, 0.15) is 0 Å². The zero-order valence-corrected chi connectivity index (χ0v) is 10.7. The third-order valence-corrected chi connectivity index (χ3v) is 3.47. The van der Waals surface area contributed by atoms with E-state index in [4.69, 9.17) is 4.74 Å². The van der Waals surface area contributed by atoms with E-state index in [9.17, 15) is 4.79 Å². The summed E-state index contributed by atoms with van der Waals surface area (Å²) in [4.78, 5) is 11.9. The van der Waals surface area contributed by atoms with Crippen LogP contribution in [0, 0.1) is 0 Å². The molecule has 1 aliphatic heterocycles. The number of nitrogens with zero attached hydrogens (tertiary/aromatic N) is 1. The number of rotatable bonds is 4. The number of hydrogen-bond acceptors (Lipinski definition) is 3. The Kier molecular flexibility index (Phi) is 3.46. The number of para-hydroxylation sites is 1. The number of anilines is 1. The summed E-state index contributed by atoms with van der Waals surface area (Å²) in [5.41, 5.74) is 1.65. The van der Waals surface area contributed by atoms with Gasteiger partial charge in [0.15, 0.2) is 0 Å². The fraction of sp³-hybridized carbons (Fsp3) is 0.429. The summed E-state index contributed by atoms with van der Waals surface area (Å²) < 4.78 is 5.52. The summed E-state index contributed by atoms with van der Waals surface area (Å²) in [7, 11) is 0. The highest BCUT2D eigenvalue weighted by Gasteiger charge is 2.17. The van der Waals surface area contributed by atoms with Gasteiger partial charge in [-0.25, -0.2) is 0 Å². The highest BCUT2D eigenvalue weighted by molar-refractivity contribution is 6.00. The number of ether oxygens (including phenoxy) is 1. The molecule has 1 unspecified atom stereocenters. The van der Waals surface area contributed by atoms with E-state index in [1.165, 1.54) is 0 Å². The fourth-order valence-corrected chi connectivity index (χ4v) is 2.45. The molecular weight excluding hydrogens is 242 g/mol. The molecule has 0 radical (unpaired) electrons. The Morgan fingerprint density at radius 1 is 1.53 bits per heavy atom. The predicted molar refractivity (Wildman–Crippen MR) is 72.9 cm³/mol. The molecule has 2 N–H and O–H groups in total. The third-order valence-electron chi connectivity index (χ3n) is 3.47. The Labute approximate surface area is 111 Å². The van der Waals surface area contributed by atoms with E-state index in [1.807, 2.05) is 18.2 Å². The van der Waals surface area contributed by atoms with E-state index in [0.717, 1.165) is 42.5 Å². The first-order chi connectivity index (χ1) is 9.33. The number of carbonyl (C=O) groups is 1. The molecular formula is C14H17N3O2. The lowest BCUT2D eigenvalue weighted by Crippen LogP contribution is -2.15. The Balaban J connectivity index is 1.60. The molecule has 5 nitrogen and oxygen atoms in total. The van der Waals surface area contributed by atoms with Gasteiger partial charge in [-0.05, 0) is 25.3 Å². The average molecular weight is 259 g/mol. The topological polar surface area (TPSA) is 67.0 Å². The fourth-order valence-electron chi connectivity index (χ4n) is 2.45. The van der Waals surface area contributed by atoms with Crippen LogP contribution in [0.3, 0.4) is 0 Å². The molecule has 5 heteroatoms. The van der Waals surface area contributed by atoms with E-state index >= 15 is 0 Å². The summed E-state index contributed by atoms with van der Waals surface area (Å²) in [6.45, 7) is 0.833. The molecule has 1 saturated heterocycles. The Bertz CT molecular complexity index is 573. The van der Waals surface area contributed by atoms with Gasteiger partial charge < -0.3 is 10.1 Å². The number of aromatic nitrogens is 2. The molecule has 2 heterocycles. The minimum Gasteiger partial charge on any atom is -0.378 e. The number of nitrogens with one attached hydrogen (secondary N) is 2. The molecule has 1 fully saturated rings. The van der Waals surface area contributed by atoms with E-state index in [2.05, 4.69) is 15.5 Å². The van der Waals surface area contributed by atoms with Crippen molar-refractivity contribution in [3.05, 3.63) is 24.4 Å². The maximum atomic E-state index is 11.9. The lowest BCUT2D eigenvalue weighted by atomic mass is 10.1. The number of hydrogen-bond donors (Lipinski definition) is 2. The molecule has 1 aromatic carbocycles. The summed E-state index contributed by atoms with van der Waals surface area (Å²) in [6, 6.07) is 5.75. The van der Waals surface area contributed by atoms with E-state index in [-0.39, 0.29) is 12.0 Å². The Morgan fingerprint density at radius 2 is 2.47 bits per heavy atom. The quantitative estimate of drug-likeness (QED) is 0.886. The lowest BCUT2D eigenvalue weighted by molar-refractivity contribution is -0.116. The average Bonchev–Trinajstić information content (AvgIpc) is 3.08. The summed E-state index contributed by atoms with van der Waals surface area (Å²) >= 11 is 0. The molecule has 1 atom stereocenters. The van der Waals surface area contributed by atoms with Gasteiger partial charge in [0, 0.05) is 18.4 Å². The molecule has 100 valence electrons. The van der Waals surface area contributed by atoms with E-state index < -0.39 is 0 Å². The van der Waals surface area contributed by atoms with Gasteiger partial charge in [0.25, 0.3) is 0 Å². The van der Waals surface area contributed by atoms with Crippen LogP contribution < -0.4 is 5.32 Å². The molecule has 0 aliphatic carbocycles. The minimum atomic E-state index is 0.0256. The molecule has 0 spiro atoms. The standard InChI is InChI=1S/C14H17N3O2/c18-13(7-6-11-4-2-8-19-11)16-12-5-1-3-10-9-15-17-14(10)12/h1,3,5,9,11H,2,4,6-8H2,(H,15,17)(H,16,18). The van der Waals surface area contributed by atoms with Crippen molar-refractivity contribution >= 4 is 22.5 Å². The van der Waals surface area contributed by atoms with Crippen molar-refractivity contribution in [2.45, 2.75) is 31.8 Å². The Morgan fingerprint density at radius 3 is 3.32 bits per heavy atom. The summed E-state index contributed by atoms with van der Waals surface area (Å²) in [5.74, 6) is 0.0256. The molecule has 0 bridgehead atoms. The molecule has 2 aromatic rings. The normalized spacial score (nSPS) is 18.8. The van der Waals surface area contributed by atoms with Crippen LogP contribution in [0.4, 0.5) is 5.69 Å². The van der Waals surface area contributed by atoms with Crippen molar-refractivity contribution in [3.8, 4) is 0 Å². The van der Waals surface area contributed by atoms with Crippen LogP contribution in [0.1, 0.15) is 25.7 Å². The van der Waals surface area contributed by atoms with E-state index in [1.54, 1.807) is 6.20 Å². The van der Waals surface area contributed by atoms with Crippen molar-refractivity contribution in [1.82, 2.24) is 10.2 Å². The SMILES string of the molecule is O=C(CCC1CCCO1)Nc1cccc2cn[nH]c12. The molecule has 1 aliphatic rings. The van der Waals surface area contributed by atoms with Crippen LogP contribution in [-0.2, 0) is 9.53 Å². The number of fused-ring (bicyclic) bond motifs is 1. The summed E-state index contributed by atoms with van der Waals surface area (Å²) in [5, 5.41) is 10.8. The largest absolute Gasteiger partial charge is 0.378 e.